The van der Waals surface area contributed by atoms with Gasteiger partial charge < -0.3 is 16.0 Å². The number of likely N-dealkylation sites (N-methyl/N-ethyl adjacent to an activating group) is 1. The van der Waals surface area contributed by atoms with Gasteiger partial charge in [0.15, 0.2) is 5.82 Å². The zero-order chi connectivity index (χ0) is 11.7. The van der Waals surface area contributed by atoms with E-state index in [0.717, 1.165) is 24.5 Å². The molecule has 2 rings (SSSR count). The van der Waals surface area contributed by atoms with E-state index >= 15 is 0 Å². The van der Waals surface area contributed by atoms with Crippen LogP contribution in [0.25, 0.3) is 0 Å². The molecule has 1 aliphatic heterocycles. The molecule has 6 nitrogen and oxygen atoms in total. The molecule has 16 heavy (non-hydrogen) atoms. The van der Waals surface area contributed by atoms with Crippen molar-refractivity contribution in [2.75, 3.05) is 24.6 Å². The average Bonchev–Trinajstić information content (AvgIpc) is 2.76. The number of rotatable bonds is 2. The minimum Gasteiger partial charge on any atom is -0.382 e. The molecule has 1 fully saturated rings. The molecule has 0 saturated carbocycles. The molecule has 1 saturated heterocycles. The predicted octanol–water partition coefficient (Wildman–Crippen LogP) is 0.240. The molecular weight excluding hydrogens is 226 g/mol. The van der Waals surface area contributed by atoms with E-state index in [4.69, 9.17) is 11.0 Å². The van der Waals surface area contributed by atoms with Gasteiger partial charge in [-0.25, -0.2) is 0 Å². The summed E-state index contributed by atoms with van der Waals surface area (Å²) in [7, 11) is 1.76. The number of likely N-dealkylation sites (tertiary alicyclic amines) is 1. The summed E-state index contributed by atoms with van der Waals surface area (Å²) in [6, 6.07) is 1.71. The molecule has 1 atom stereocenters. The summed E-state index contributed by atoms with van der Waals surface area (Å²) in [6.45, 7) is 0.729. The normalized spacial score (nSPS) is 19.9. The standard InChI is InChI=1S/C9H11N5OS/c1-14-3-2-6(9(14)15)12-8-5(4-10)7(11)13-16-8/h6,12H,2-3H2,1H3,(H2,11,13). The fourth-order valence-corrected chi connectivity index (χ4v) is 2.34. The topological polar surface area (TPSA) is 95.0 Å². The van der Waals surface area contributed by atoms with Gasteiger partial charge in [-0.1, -0.05) is 0 Å². The van der Waals surface area contributed by atoms with Gasteiger partial charge in [-0.15, -0.1) is 0 Å². The summed E-state index contributed by atoms with van der Waals surface area (Å²) >= 11 is 1.11. The molecule has 0 spiro atoms. The van der Waals surface area contributed by atoms with Gasteiger partial charge >= 0.3 is 0 Å². The Morgan fingerprint density at radius 1 is 1.75 bits per heavy atom. The van der Waals surface area contributed by atoms with E-state index in [2.05, 4.69) is 9.69 Å². The number of amides is 1. The monoisotopic (exact) mass is 237 g/mol. The summed E-state index contributed by atoms with van der Waals surface area (Å²) in [6.07, 6.45) is 0.734. The van der Waals surface area contributed by atoms with Crippen LogP contribution in [0.5, 0.6) is 0 Å². The highest BCUT2D eigenvalue weighted by atomic mass is 32.1. The van der Waals surface area contributed by atoms with E-state index in [-0.39, 0.29) is 17.8 Å². The SMILES string of the molecule is CN1CCC(Nc2snc(N)c2C#N)C1=O. The summed E-state index contributed by atoms with van der Waals surface area (Å²) < 4.78 is 3.88. The Balaban J connectivity index is 2.16. The van der Waals surface area contributed by atoms with E-state index in [9.17, 15) is 4.79 Å². The zero-order valence-electron chi connectivity index (χ0n) is 8.73. The van der Waals surface area contributed by atoms with Crippen LogP contribution in [0, 0.1) is 11.3 Å². The fraction of sp³-hybridized carbons (Fsp3) is 0.444. The third-order valence-electron chi connectivity index (χ3n) is 2.56. The van der Waals surface area contributed by atoms with Crippen molar-refractivity contribution in [3.8, 4) is 6.07 Å². The Morgan fingerprint density at radius 2 is 2.50 bits per heavy atom. The van der Waals surface area contributed by atoms with Gasteiger partial charge in [0.2, 0.25) is 5.91 Å². The Morgan fingerprint density at radius 3 is 3.06 bits per heavy atom. The lowest BCUT2D eigenvalue weighted by atomic mass is 10.2. The molecule has 1 aromatic heterocycles. The number of anilines is 2. The lowest BCUT2D eigenvalue weighted by molar-refractivity contribution is -0.127. The van der Waals surface area contributed by atoms with Crippen LogP contribution >= 0.6 is 11.5 Å². The van der Waals surface area contributed by atoms with Crippen LogP contribution in [-0.4, -0.2) is 34.8 Å². The highest BCUT2D eigenvalue weighted by molar-refractivity contribution is 7.10. The van der Waals surface area contributed by atoms with Crippen molar-refractivity contribution in [1.29, 1.82) is 5.26 Å². The number of nitrogen functional groups attached to an aromatic ring is 1. The number of hydrogen-bond acceptors (Lipinski definition) is 6. The van der Waals surface area contributed by atoms with Gasteiger partial charge in [0.25, 0.3) is 0 Å². The van der Waals surface area contributed by atoms with Crippen molar-refractivity contribution in [2.24, 2.45) is 0 Å². The maximum absolute atomic E-state index is 11.6. The van der Waals surface area contributed by atoms with Gasteiger partial charge in [-0.05, 0) is 18.0 Å². The van der Waals surface area contributed by atoms with Crippen LogP contribution in [0.3, 0.4) is 0 Å². The highest BCUT2D eigenvalue weighted by Gasteiger charge is 2.30. The smallest absolute Gasteiger partial charge is 0.244 e. The Bertz CT molecular complexity index is 463. The number of aromatic nitrogens is 1. The third kappa shape index (κ3) is 1.67. The van der Waals surface area contributed by atoms with E-state index in [1.165, 1.54) is 0 Å². The van der Waals surface area contributed by atoms with Crippen LogP contribution in [0.4, 0.5) is 10.8 Å². The summed E-state index contributed by atoms with van der Waals surface area (Å²) in [5.74, 6) is 0.254. The second kappa shape index (κ2) is 3.98. The van der Waals surface area contributed by atoms with E-state index in [0.29, 0.717) is 10.6 Å². The predicted molar refractivity (Wildman–Crippen MR) is 60.9 cm³/mol. The van der Waals surface area contributed by atoms with Gasteiger partial charge in [0.1, 0.15) is 22.7 Å². The molecular formula is C9H11N5OS. The molecule has 1 unspecified atom stereocenters. The molecule has 7 heteroatoms. The summed E-state index contributed by atoms with van der Waals surface area (Å²) in [5.41, 5.74) is 5.86. The van der Waals surface area contributed by atoms with Gasteiger partial charge in [0, 0.05) is 13.6 Å². The molecule has 0 aromatic carbocycles. The molecule has 1 aliphatic rings. The Hall–Kier alpha value is -1.81. The lowest BCUT2D eigenvalue weighted by Gasteiger charge is -2.11. The lowest BCUT2D eigenvalue weighted by Crippen LogP contribution is -2.30. The Labute approximate surface area is 96.8 Å². The number of hydrogen-bond donors (Lipinski definition) is 2. The molecule has 1 aromatic rings. The first-order valence-corrected chi connectivity index (χ1v) is 5.57. The quantitative estimate of drug-likeness (QED) is 0.768. The van der Waals surface area contributed by atoms with Crippen molar-refractivity contribution in [3.05, 3.63) is 5.56 Å². The second-order valence-electron chi connectivity index (χ2n) is 3.63. The summed E-state index contributed by atoms with van der Waals surface area (Å²) in [4.78, 5) is 13.3. The first-order chi connectivity index (χ1) is 7.63. The minimum atomic E-state index is -0.267. The number of carbonyl (C=O) groups excluding carboxylic acids is 1. The highest BCUT2D eigenvalue weighted by Crippen LogP contribution is 2.27. The zero-order valence-corrected chi connectivity index (χ0v) is 9.54. The maximum Gasteiger partial charge on any atom is 0.244 e. The molecule has 0 radical (unpaired) electrons. The number of nitrogens with zero attached hydrogens (tertiary/aromatic N) is 3. The van der Waals surface area contributed by atoms with Crippen LogP contribution in [0.15, 0.2) is 0 Å². The number of nitrogens with one attached hydrogen (secondary N) is 1. The van der Waals surface area contributed by atoms with Crippen molar-refractivity contribution in [3.63, 3.8) is 0 Å². The van der Waals surface area contributed by atoms with Crippen molar-refractivity contribution in [1.82, 2.24) is 9.27 Å². The number of nitriles is 1. The van der Waals surface area contributed by atoms with Crippen LogP contribution in [0.2, 0.25) is 0 Å². The molecule has 3 N–H and O–H groups in total. The summed E-state index contributed by atoms with van der Waals surface area (Å²) in [5, 5.41) is 12.5. The van der Waals surface area contributed by atoms with Crippen LogP contribution < -0.4 is 11.1 Å². The first-order valence-electron chi connectivity index (χ1n) is 4.80. The van der Waals surface area contributed by atoms with E-state index < -0.39 is 0 Å². The molecule has 0 aliphatic carbocycles. The van der Waals surface area contributed by atoms with Crippen LogP contribution in [0.1, 0.15) is 12.0 Å². The largest absolute Gasteiger partial charge is 0.382 e. The van der Waals surface area contributed by atoms with Gasteiger partial charge in [0.05, 0.1) is 0 Å². The fourth-order valence-electron chi connectivity index (χ4n) is 1.62. The maximum atomic E-state index is 11.6. The van der Waals surface area contributed by atoms with Gasteiger partial charge in [-0.3, -0.25) is 4.79 Å². The number of nitrogens with two attached hydrogens (primary N) is 1. The second-order valence-corrected chi connectivity index (χ2v) is 4.40. The van der Waals surface area contributed by atoms with Crippen molar-refractivity contribution >= 4 is 28.3 Å². The van der Waals surface area contributed by atoms with Crippen molar-refractivity contribution < 1.29 is 4.79 Å². The van der Waals surface area contributed by atoms with Crippen molar-refractivity contribution in [2.45, 2.75) is 12.5 Å². The number of carbonyl (C=O) groups is 1. The van der Waals surface area contributed by atoms with Crippen LogP contribution in [-0.2, 0) is 4.79 Å². The molecule has 84 valence electrons. The third-order valence-corrected chi connectivity index (χ3v) is 3.36. The van der Waals surface area contributed by atoms with Gasteiger partial charge in [-0.2, -0.15) is 9.64 Å². The Kier molecular flexibility index (Phi) is 2.66. The van der Waals surface area contributed by atoms with E-state index in [1.807, 2.05) is 6.07 Å². The molecule has 1 amide bonds. The molecule has 2 heterocycles. The first kappa shape index (κ1) is 10.7. The average molecular weight is 237 g/mol. The van der Waals surface area contributed by atoms with E-state index in [1.54, 1.807) is 11.9 Å². The molecule has 0 bridgehead atoms. The minimum absolute atomic E-state index is 0.0378.